The number of benzene rings is 1. The molecule has 0 spiro atoms. The fourth-order valence-electron chi connectivity index (χ4n) is 1.21. The van der Waals surface area contributed by atoms with Crippen molar-refractivity contribution in [2.24, 2.45) is 0 Å². The third-order valence-corrected chi connectivity index (χ3v) is 2.79. The standard InChI is InChI=1S/C10H8ClNS/c1-13-10-6-8(11)7-4-2-3-5-9(7)12-10/h2-6H,1H3. The van der Waals surface area contributed by atoms with Crippen LogP contribution in [0, 0.1) is 0 Å². The summed E-state index contributed by atoms with van der Waals surface area (Å²) in [4.78, 5) is 4.43. The van der Waals surface area contributed by atoms with Gasteiger partial charge >= 0.3 is 0 Å². The number of aromatic nitrogens is 1. The second kappa shape index (κ2) is 3.56. The lowest BCUT2D eigenvalue weighted by Gasteiger charge is -2.01. The zero-order valence-corrected chi connectivity index (χ0v) is 8.69. The smallest absolute Gasteiger partial charge is 0.0979 e. The first-order chi connectivity index (χ1) is 6.31. The minimum absolute atomic E-state index is 0.773. The van der Waals surface area contributed by atoms with Gasteiger partial charge in [0.25, 0.3) is 0 Å². The first-order valence-electron chi connectivity index (χ1n) is 3.90. The van der Waals surface area contributed by atoms with E-state index in [9.17, 15) is 0 Å². The maximum absolute atomic E-state index is 6.09. The minimum atomic E-state index is 0.773. The number of thioether (sulfide) groups is 1. The molecule has 1 nitrogen and oxygen atoms in total. The van der Waals surface area contributed by atoms with E-state index in [1.165, 1.54) is 0 Å². The number of halogens is 1. The van der Waals surface area contributed by atoms with E-state index in [1.54, 1.807) is 11.8 Å². The van der Waals surface area contributed by atoms with E-state index >= 15 is 0 Å². The lowest BCUT2D eigenvalue weighted by atomic mass is 10.2. The third kappa shape index (κ3) is 1.64. The summed E-state index contributed by atoms with van der Waals surface area (Å²) >= 11 is 7.69. The van der Waals surface area contributed by atoms with Crippen LogP contribution in [0.1, 0.15) is 0 Å². The average Bonchev–Trinajstić information content (AvgIpc) is 2.18. The summed E-state index contributed by atoms with van der Waals surface area (Å²) in [6.45, 7) is 0. The van der Waals surface area contributed by atoms with Crippen LogP contribution < -0.4 is 0 Å². The van der Waals surface area contributed by atoms with Gasteiger partial charge < -0.3 is 0 Å². The number of pyridine rings is 1. The van der Waals surface area contributed by atoms with Gasteiger partial charge in [-0.2, -0.15) is 0 Å². The summed E-state index contributed by atoms with van der Waals surface area (Å²) < 4.78 is 0. The van der Waals surface area contributed by atoms with Crippen molar-refractivity contribution in [2.75, 3.05) is 6.26 Å². The predicted molar refractivity (Wildman–Crippen MR) is 58.5 cm³/mol. The molecule has 0 amide bonds. The third-order valence-electron chi connectivity index (χ3n) is 1.85. The van der Waals surface area contributed by atoms with Gasteiger partial charge in [0.2, 0.25) is 0 Å². The number of hydrogen-bond acceptors (Lipinski definition) is 2. The fraction of sp³-hybridized carbons (Fsp3) is 0.100. The maximum Gasteiger partial charge on any atom is 0.0979 e. The first-order valence-corrected chi connectivity index (χ1v) is 5.51. The van der Waals surface area contributed by atoms with Crippen LogP contribution in [0.4, 0.5) is 0 Å². The summed E-state index contributed by atoms with van der Waals surface area (Å²) in [5, 5.41) is 2.75. The molecule has 2 aromatic rings. The molecular formula is C10H8ClNS. The zero-order chi connectivity index (χ0) is 9.26. The van der Waals surface area contributed by atoms with Crippen LogP contribution >= 0.6 is 23.4 Å². The quantitative estimate of drug-likeness (QED) is 0.666. The summed E-state index contributed by atoms with van der Waals surface area (Å²) in [7, 11) is 0. The molecule has 1 aromatic carbocycles. The van der Waals surface area contributed by atoms with Gasteiger partial charge in [0.1, 0.15) is 0 Å². The number of fused-ring (bicyclic) bond motifs is 1. The van der Waals surface area contributed by atoms with E-state index in [-0.39, 0.29) is 0 Å². The molecule has 0 fully saturated rings. The highest BCUT2D eigenvalue weighted by Crippen LogP contribution is 2.25. The van der Waals surface area contributed by atoms with Crippen LogP contribution in [0.5, 0.6) is 0 Å². The lowest BCUT2D eigenvalue weighted by Crippen LogP contribution is -1.82. The van der Waals surface area contributed by atoms with Gasteiger partial charge in [-0.15, -0.1) is 11.8 Å². The van der Waals surface area contributed by atoms with Gasteiger partial charge in [-0.05, 0) is 18.4 Å². The number of rotatable bonds is 1. The Morgan fingerprint density at radius 1 is 1.31 bits per heavy atom. The Balaban J connectivity index is 2.77. The van der Waals surface area contributed by atoms with Gasteiger partial charge in [0.15, 0.2) is 0 Å². The number of para-hydroxylation sites is 1. The molecule has 0 aliphatic rings. The zero-order valence-electron chi connectivity index (χ0n) is 7.12. The molecule has 1 aromatic heterocycles. The van der Waals surface area contributed by atoms with Crippen LogP contribution in [0.25, 0.3) is 10.9 Å². The summed E-state index contributed by atoms with van der Waals surface area (Å²) in [6.07, 6.45) is 1.99. The fourth-order valence-corrected chi connectivity index (χ4v) is 1.97. The normalized spacial score (nSPS) is 10.6. The molecule has 1 heterocycles. The van der Waals surface area contributed by atoms with Crippen LogP contribution in [-0.2, 0) is 0 Å². The van der Waals surface area contributed by atoms with E-state index in [2.05, 4.69) is 4.98 Å². The van der Waals surface area contributed by atoms with Crippen molar-refractivity contribution in [3.8, 4) is 0 Å². The molecule has 66 valence electrons. The Morgan fingerprint density at radius 3 is 2.85 bits per heavy atom. The highest BCUT2D eigenvalue weighted by Gasteiger charge is 2.01. The summed E-state index contributed by atoms with van der Waals surface area (Å²) in [5.41, 5.74) is 0.958. The molecule has 0 aliphatic heterocycles. The van der Waals surface area contributed by atoms with Gasteiger partial charge in [-0.25, -0.2) is 4.98 Å². The van der Waals surface area contributed by atoms with Crippen LogP contribution in [0.2, 0.25) is 5.02 Å². The highest BCUT2D eigenvalue weighted by atomic mass is 35.5. The SMILES string of the molecule is CSc1cc(Cl)c2ccccc2n1. The molecule has 0 radical (unpaired) electrons. The second-order valence-corrected chi connectivity index (χ2v) is 3.90. The number of nitrogens with zero attached hydrogens (tertiary/aromatic N) is 1. The number of hydrogen-bond donors (Lipinski definition) is 0. The van der Waals surface area contributed by atoms with Gasteiger partial charge in [-0.1, -0.05) is 29.8 Å². The van der Waals surface area contributed by atoms with E-state index in [1.807, 2.05) is 36.6 Å². The Bertz CT molecular complexity index is 442. The second-order valence-electron chi connectivity index (χ2n) is 2.66. The average molecular weight is 210 g/mol. The van der Waals surface area contributed by atoms with Crippen molar-refractivity contribution >= 4 is 34.3 Å². The van der Waals surface area contributed by atoms with Gasteiger partial charge in [0, 0.05) is 5.39 Å². The van der Waals surface area contributed by atoms with Crippen molar-refractivity contribution in [1.29, 1.82) is 0 Å². The van der Waals surface area contributed by atoms with Crippen molar-refractivity contribution in [1.82, 2.24) is 4.98 Å². The molecule has 13 heavy (non-hydrogen) atoms. The molecule has 0 bridgehead atoms. The van der Waals surface area contributed by atoms with Crippen molar-refractivity contribution < 1.29 is 0 Å². The maximum atomic E-state index is 6.09. The highest BCUT2D eigenvalue weighted by molar-refractivity contribution is 7.98. The molecule has 2 rings (SSSR count). The Kier molecular flexibility index (Phi) is 2.42. The Morgan fingerprint density at radius 2 is 2.08 bits per heavy atom. The molecule has 0 unspecified atom stereocenters. The van der Waals surface area contributed by atoms with Crippen molar-refractivity contribution in [2.45, 2.75) is 5.03 Å². The monoisotopic (exact) mass is 209 g/mol. The van der Waals surface area contributed by atoms with E-state index < -0.39 is 0 Å². The first kappa shape index (κ1) is 8.85. The molecule has 0 aliphatic carbocycles. The van der Waals surface area contributed by atoms with Crippen molar-refractivity contribution in [3.05, 3.63) is 35.4 Å². The molecule has 0 N–H and O–H groups in total. The van der Waals surface area contributed by atoms with Crippen LogP contribution in [-0.4, -0.2) is 11.2 Å². The molecule has 0 saturated carbocycles. The lowest BCUT2D eigenvalue weighted by molar-refractivity contribution is 1.19. The summed E-state index contributed by atoms with van der Waals surface area (Å²) in [6, 6.07) is 9.79. The topological polar surface area (TPSA) is 12.9 Å². The van der Waals surface area contributed by atoms with Crippen molar-refractivity contribution in [3.63, 3.8) is 0 Å². The molecular weight excluding hydrogens is 202 g/mol. The predicted octanol–water partition coefficient (Wildman–Crippen LogP) is 3.61. The summed E-state index contributed by atoms with van der Waals surface area (Å²) in [5.74, 6) is 0. The van der Waals surface area contributed by atoms with Crippen LogP contribution in [0.15, 0.2) is 35.4 Å². The van der Waals surface area contributed by atoms with Gasteiger partial charge in [0.05, 0.1) is 15.6 Å². The molecule has 0 atom stereocenters. The van der Waals surface area contributed by atoms with E-state index in [0.717, 1.165) is 21.0 Å². The largest absolute Gasteiger partial charge is 0.241 e. The Labute approximate surface area is 86.1 Å². The minimum Gasteiger partial charge on any atom is -0.241 e. The van der Waals surface area contributed by atoms with Crippen LogP contribution in [0.3, 0.4) is 0 Å². The van der Waals surface area contributed by atoms with E-state index in [4.69, 9.17) is 11.6 Å². The van der Waals surface area contributed by atoms with Gasteiger partial charge in [-0.3, -0.25) is 0 Å². The Hall–Kier alpha value is -0.730. The molecule has 3 heteroatoms. The molecule has 0 saturated heterocycles. The van der Waals surface area contributed by atoms with E-state index in [0.29, 0.717) is 0 Å².